The topological polar surface area (TPSA) is 58.6 Å². The van der Waals surface area contributed by atoms with Crippen molar-refractivity contribution >= 4 is 11.8 Å². The number of hydrogen-bond acceptors (Lipinski definition) is 3. The predicted octanol–water partition coefficient (Wildman–Crippen LogP) is 2.54. The van der Waals surface area contributed by atoms with Crippen LogP contribution in [-0.4, -0.2) is 43.0 Å². The number of hydrogen-bond donors (Lipinski definition) is 1. The Morgan fingerprint density at radius 3 is 2.48 bits per heavy atom. The van der Waals surface area contributed by atoms with Gasteiger partial charge < -0.3 is 15.0 Å². The van der Waals surface area contributed by atoms with Crippen LogP contribution >= 0.6 is 0 Å². The Labute approximate surface area is 149 Å². The van der Waals surface area contributed by atoms with Gasteiger partial charge in [-0.1, -0.05) is 31.0 Å². The predicted molar refractivity (Wildman–Crippen MR) is 96.4 cm³/mol. The number of para-hydroxylation sites is 1. The highest BCUT2D eigenvalue weighted by atomic mass is 16.5. The van der Waals surface area contributed by atoms with E-state index in [-0.39, 0.29) is 17.9 Å². The molecule has 2 fully saturated rings. The van der Waals surface area contributed by atoms with E-state index in [1.54, 1.807) is 7.11 Å². The molecular formula is C20H28N2O3. The van der Waals surface area contributed by atoms with Crippen molar-refractivity contribution in [3.05, 3.63) is 29.8 Å². The van der Waals surface area contributed by atoms with Gasteiger partial charge in [0.1, 0.15) is 5.75 Å². The maximum atomic E-state index is 12.5. The number of likely N-dealkylation sites (tertiary alicyclic amines) is 1. The number of rotatable bonds is 5. The number of nitrogens with zero attached hydrogens (tertiary/aromatic N) is 1. The first-order chi connectivity index (χ1) is 12.2. The van der Waals surface area contributed by atoms with E-state index in [1.165, 1.54) is 12.8 Å². The molecule has 136 valence electrons. The lowest BCUT2D eigenvalue weighted by molar-refractivity contribution is -0.136. The summed E-state index contributed by atoms with van der Waals surface area (Å²) in [6.07, 6.45) is 6.48. The molecule has 2 aliphatic rings. The van der Waals surface area contributed by atoms with E-state index in [9.17, 15) is 9.59 Å². The highest BCUT2D eigenvalue weighted by Crippen LogP contribution is 2.27. The molecule has 2 amide bonds. The molecule has 25 heavy (non-hydrogen) atoms. The summed E-state index contributed by atoms with van der Waals surface area (Å²) in [6, 6.07) is 7.77. The quantitative estimate of drug-likeness (QED) is 0.893. The summed E-state index contributed by atoms with van der Waals surface area (Å²) in [4.78, 5) is 26.8. The highest BCUT2D eigenvalue weighted by Gasteiger charge is 2.30. The summed E-state index contributed by atoms with van der Waals surface area (Å²) in [5, 5.41) is 3.12. The van der Waals surface area contributed by atoms with Gasteiger partial charge in [0.2, 0.25) is 11.8 Å². The van der Waals surface area contributed by atoms with Crippen molar-refractivity contribution in [2.45, 2.75) is 51.0 Å². The monoisotopic (exact) mass is 344 g/mol. The average molecular weight is 344 g/mol. The van der Waals surface area contributed by atoms with Crippen LogP contribution in [-0.2, 0) is 16.0 Å². The molecular weight excluding hydrogens is 316 g/mol. The zero-order valence-corrected chi connectivity index (χ0v) is 15.0. The molecule has 1 N–H and O–H groups in total. The largest absolute Gasteiger partial charge is 0.496 e. The number of piperidine rings is 1. The molecule has 1 heterocycles. The first kappa shape index (κ1) is 17.8. The summed E-state index contributed by atoms with van der Waals surface area (Å²) in [7, 11) is 1.62. The van der Waals surface area contributed by atoms with E-state index >= 15 is 0 Å². The Morgan fingerprint density at radius 1 is 1.12 bits per heavy atom. The molecule has 3 rings (SSSR count). The van der Waals surface area contributed by atoms with Crippen LogP contribution in [0.3, 0.4) is 0 Å². The Morgan fingerprint density at radius 2 is 1.80 bits per heavy atom. The summed E-state index contributed by atoms with van der Waals surface area (Å²) >= 11 is 0. The van der Waals surface area contributed by atoms with Gasteiger partial charge in [0.05, 0.1) is 13.5 Å². The zero-order valence-electron chi connectivity index (χ0n) is 15.0. The molecule has 1 aliphatic carbocycles. The van der Waals surface area contributed by atoms with Crippen LogP contribution in [0.5, 0.6) is 5.75 Å². The van der Waals surface area contributed by atoms with Gasteiger partial charge in [0, 0.05) is 30.6 Å². The van der Waals surface area contributed by atoms with Crippen LogP contribution in [0.15, 0.2) is 24.3 Å². The number of carbonyl (C=O) groups is 2. The standard InChI is InChI=1S/C20H28N2O3/c1-25-18-9-5-4-8-16(18)14-19(23)21-17-10-12-22(13-11-17)20(24)15-6-2-3-7-15/h4-5,8-9,15,17H,2-3,6-7,10-14H2,1H3,(H,21,23). The third-order valence-electron chi connectivity index (χ3n) is 5.42. The molecule has 1 saturated carbocycles. The average Bonchev–Trinajstić information content (AvgIpc) is 3.17. The fraction of sp³-hybridized carbons (Fsp3) is 0.600. The SMILES string of the molecule is COc1ccccc1CC(=O)NC1CCN(C(=O)C2CCCC2)CC1. The van der Waals surface area contributed by atoms with E-state index in [2.05, 4.69) is 5.32 Å². The molecule has 1 aromatic carbocycles. The van der Waals surface area contributed by atoms with Crippen LogP contribution in [0, 0.1) is 5.92 Å². The lowest BCUT2D eigenvalue weighted by atomic mass is 10.0. The van der Waals surface area contributed by atoms with Crippen LogP contribution in [0.25, 0.3) is 0 Å². The van der Waals surface area contributed by atoms with Crippen LogP contribution in [0.4, 0.5) is 0 Å². The van der Waals surface area contributed by atoms with Gasteiger partial charge in [-0.3, -0.25) is 9.59 Å². The fourth-order valence-electron chi connectivity index (χ4n) is 3.98. The summed E-state index contributed by atoms with van der Waals surface area (Å²) in [5.74, 6) is 1.34. The van der Waals surface area contributed by atoms with Crippen molar-refractivity contribution in [2.75, 3.05) is 20.2 Å². The Balaban J connectivity index is 1.45. The Hall–Kier alpha value is -2.04. The number of carbonyl (C=O) groups excluding carboxylic acids is 2. The van der Waals surface area contributed by atoms with Crippen molar-refractivity contribution in [2.24, 2.45) is 5.92 Å². The smallest absolute Gasteiger partial charge is 0.225 e. The third kappa shape index (κ3) is 4.53. The van der Waals surface area contributed by atoms with Gasteiger partial charge in [0.15, 0.2) is 0 Å². The lowest BCUT2D eigenvalue weighted by Gasteiger charge is -2.34. The molecule has 0 unspecified atom stereocenters. The number of nitrogens with one attached hydrogen (secondary N) is 1. The minimum Gasteiger partial charge on any atom is -0.496 e. The van der Waals surface area contributed by atoms with Gasteiger partial charge in [-0.2, -0.15) is 0 Å². The summed E-state index contributed by atoms with van der Waals surface area (Å²) in [5.41, 5.74) is 0.899. The van der Waals surface area contributed by atoms with Gasteiger partial charge in [0.25, 0.3) is 0 Å². The van der Waals surface area contributed by atoms with Gasteiger partial charge in [-0.05, 0) is 31.7 Å². The Kier molecular flexibility index (Phi) is 5.95. The molecule has 1 aliphatic heterocycles. The van der Waals surface area contributed by atoms with Crippen molar-refractivity contribution in [1.29, 1.82) is 0 Å². The molecule has 0 atom stereocenters. The van der Waals surface area contributed by atoms with Gasteiger partial charge in [-0.25, -0.2) is 0 Å². The number of ether oxygens (including phenoxy) is 1. The van der Waals surface area contributed by atoms with E-state index < -0.39 is 0 Å². The molecule has 5 heteroatoms. The molecule has 0 bridgehead atoms. The first-order valence-electron chi connectivity index (χ1n) is 9.37. The summed E-state index contributed by atoms with van der Waals surface area (Å²) < 4.78 is 5.30. The van der Waals surface area contributed by atoms with Crippen LogP contribution in [0.2, 0.25) is 0 Å². The third-order valence-corrected chi connectivity index (χ3v) is 5.42. The summed E-state index contributed by atoms with van der Waals surface area (Å²) in [6.45, 7) is 1.52. The van der Waals surface area contributed by atoms with Crippen molar-refractivity contribution in [1.82, 2.24) is 10.2 Å². The van der Waals surface area contributed by atoms with Crippen molar-refractivity contribution in [3.63, 3.8) is 0 Å². The normalized spacial score (nSPS) is 19.0. The minimum absolute atomic E-state index is 0.0186. The number of benzene rings is 1. The van der Waals surface area contributed by atoms with E-state index in [0.717, 1.165) is 50.1 Å². The second-order valence-electron chi connectivity index (χ2n) is 7.14. The second kappa shape index (κ2) is 8.37. The molecule has 1 aromatic rings. The van der Waals surface area contributed by atoms with Crippen LogP contribution < -0.4 is 10.1 Å². The first-order valence-corrected chi connectivity index (χ1v) is 9.37. The van der Waals surface area contributed by atoms with Crippen molar-refractivity contribution < 1.29 is 14.3 Å². The van der Waals surface area contributed by atoms with E-state index in [4.69, 9.17) is 4.74 Å². The molecule has 0 radical (unpaired) electrons. The fourth-order valence-corrected chi connectivity index (χ4v) is 3.98. The highest BCUT2D eigenvalue weighted by molar-refractivity contribution is 5.80. The zero-order chi connectivity index (χ0) is 17.6. The second-order valence-corrected chi connectivity index (χ2v) is 7.14. The number of amides is 2. The lowest BCUT2D eigenvalue weighted by Crippen LogP contribution is -2.48. The van der Waals surface area contributed by atoms with Gasteiger partial charge >= 0.3 is 0 Å². The maximum absolute atomic E-state index is 12.5. The van der Waals surface area contributed by atoms with Crippen molar-refractivity contribution in [3.8, 4) is 5.75 Å². The molecule has 0 spiro atoms. The van der Waals surface area contributed by atoms with Crippen LogP contribution in [0.1, 0.15) is 44.1 Å². The van der Waals surface area contributed by atoms with Gasteiger partial charge in [-0.15, -0.1) is 0 Å². The molecule has 5 nitrogen and oxygen atoms in total. The number of methoxy groups -OCH3 is 1. The molecule has 0 aromatic heterocycles. The Bertz CT molecular complexity index is 603. The van der Waals surface area contributed by atoms with E-state index in [1.807, 2.05) is 29.2 Å². The minimum atomic E-state index is 0.0186. The van der Waals surface area contributed by atoms with E-state index in [0.29, 0.717) is 12.3 Å². The molecule has 1 saturated heterocycles. The maximum Gasteiger partial charge on any atom is 0.225 e.